The van der Waals surface area contributed by atoms with Crippen LogP contribution in [0.4, 0.5) is 11.4 Å². The number of hydrogen-bond acceptors (Lipinski definition) is 8. The molecule has 0 aromatic heterocycles. The van der Waals surface area contributed by atoms with Gasteiger partial charge in [0.05, 0.1) is 36.5 Å². The smallest absolute Gasteiger partial charge is 0.340 e. The maximum Gasteiger partial charge on any atom is 0.340 e. The van der Waals surface area contributed by atoms with E-state index < -0.39 is 28.5 Å². The number of sulfonamides is 1. The van der Waals surface area contributed by atoms with Crippen LogP contribution in [0.15, 0.2) is 41.3 Å². The Morgan fingerprint density at radius 1 is 1.19 bits per heavy atom. The molecular weight excluding hydrogens is 462 g/mol. The molecule has 0 atom stereocenters. The number of nitrogen functional groups attached to an aromatic ring is 1. The first-order valence-electron chi connectivity index (χ1n) is 9.50. The zero-order valence-electron chi connectivity index (χ0n) is 17.2. The molecule has 1 aliphatic rings. The van der Waals surface area contributed by atoms with Crippen molar-refractivity contribution < 1.29 is 32.2 Å². The van der Waals surface area contributed by atoms with E-state index in [-0.39, 0.29) is 40.7 Å². The zero-order chi connectivity index (χ0) is 23.3. The number of esters is 1. The van der Waals surface area contributed by atoms with Gasteiger partial charge in [-0.05, 0) is 36.4 Å². The lowest BCUT2D eigenvalue weighted by Gasteiger charge is -2.26. The number of carbonyl (C=O) groups is 2. The Morgan fingerprint density at radius 3 is 2.59 bits per heavy atom. The van der Waals surface area contributed by atoms with E-state index in [1.54, 1.807) is 0 Å². The molecule has 10 nitrogen and oxygen atoms in total. The summed E-state index contributed by atoms with van der Waals surface area (Å²) in [6, 6.07) is 8.41. The average Bonchev–Trinajstić information content (AvgIpc) is 2.79. The molecule has 2 aromatic carbocycles. The molecule has 0 aliphatic carbocycles. The van der Waals surface area contributed by atoms with Gasteiger partial charge in [-0.3, -0.25) is 4.79 Å². The number of morpholine rings is 1. The van der Waals surface area contributed by atoms with Crippen molar-refractivity contribution in [1.29, 1.82) is 0 Å². The Balaban J connectivity index is 1.71. The average molecular weight is 484 g/mol. The molecule has 0 unspecified atom stereocenters. The molecule has 0 spiro atoms. The highest BCUT2D eigenvalue weighted by Gasteiger charge is 2.27. The first-order chi connectivity index (χ1) is 15.2. The number of rotatable bonds is 7. The molecule has 12 heteroatoms. The second-order valence-electron chi connectivity index (χ2n) is 6.73. The Hall–Kier alpha value is -2.86. The van der Waals surface area contributed by atoms with E-state index in [0.717, 1.165) is 0 Å². The molecule has 3 rings (SSSR count). The molecule has 1 fully saturated rings. The van der Waals surface area contributed by atoms with Crippen molar-refractivity contribution >= 4 is 44.9 Å². The number of halogens is 1. The summed E-state index contributed by atoms with van der Waals surface area (Å²) in [7, 11) is -2.40. The van der Waals surface area contributed by atoms with Crippen LogP contribution in [0.3, 0.4) is 0 Å². The first kappa shape index (κ1) is 23.8. The molecule has 32 heavy (non-hydrogen) atoms. The van der Waals surface area contributed by atoms with E-state index in [9.17, 15) is 18.0 Å². The van der Waals surface area contributed by atoms with E-state index in [0.29, 0.717) is 18.2 Å². The number of methoxy groups -OCH3 is 1. The fourth-order valence-electron chi connectivity index (χ4n) is 2.98. The van der Waals surface area contributed by atoms with Crippen LogP contribution < -0.4 is 15.8 Å². The maximum absolute atomic E-state index is 12.9. The van der Waals surface area contributed by atoms with Gasteiger partial charge in [-0.15, -0.1) is 0 Å². The minimum Gasteiger partial charge on any atom is -0.495 e. The second-order valence-corrected chi connectivity index (χ2v) is 9.11. The molecule has 3 N–H and O–H groups in total. The van der Waals surface area contributed by atoms with Crippen molar-refractivity contribution in [2.45, 2.75) is 4.90 Å². The van der Waals surface area contributed by atoms with Crippen LogP contribution >= 0.6 is 11.6 Å². The second kappa shape index (κ2) is 10.2. The summed E-state index contributed by atoms with van der Waals surface area (Å²) in [4.78, 5) is 24.5. The number of nitrogens with zero attached hydrogens (tertiary/aromatic N) is 1. The van der Waals surface area contributed by atoms with Gasteiger partial charge in [-0.1, -0.05) is 11.6 Å². The number of anilines is 2. The van der Waals surface area contributed by atoms with Gasteiger partial charge in [0.1, 0.15) is 5.75 Å². The Kier molecular flexibility index (Phi) is 7.56. The molecule has 1 amide bonds. The van der Waals surface area contributed by atoms with Crippen LogP contribution in [-0.4, -0.2) is 64.6 Å². The fraction of sp³-hybridized carbons (Fsp3) is 0.300. The summed E-state index contributed by atoms with van der Waals surface area (Å²) >= 11 is 5.86. The summed E-state index contributed by atoms with van der Waals surface area (Å²) < 4.78 is 42.5. The monoisotopic (exact) mass is 483 g/mol. The lowest BCUT2D eigenvalue weighted by atomic mass is 10.2. The van der Waals surface area contributed by atoms with Gasteiger partial charge in [0.2, 0.25) is 10.0 Å². The van der Waals surface area contributed by atoms with Crippen molar-refractivity contribution in [3.05, 3.63) is 47.0 Å². The van der Waals surface area contributed by atoms with Gasteiger partial charge in [0.15, 0.2) is 6.61 Å². The van der Waals surface area contributed by atoms with Crippen LogP contribution in [0, 0.1) is 0 Å². The molecule has 0 bridgehead atoms. The third-order valence-corrected chi connectivity index (χ3v) is 6.75. The van der Waals surface area contributed by atoms with Crippen molar-refractivity contribution in [2.75, 3.05) is 51.1 Å². The van der Waals surface area contributed by atoms with Crippen molar-refractivity contribution in [1.82, 2.24) is 4.31 Å². The highest BCUT2D eigenvalue weighted by Crippen LogP contribution is 2.29. The number of nitrogens with two attached hydrogens (primary N) is 1. The van der Waals surface area contributed by atoms with E-state index in [1.807, 2.05) is 0 Å². The third-order valence-electron chi connectivity index (χ3n) is 4.62. The van der Waals surface area contributed by atoms with Crippen LogP contribution in [0.2, 0.25) is 5.02 Å². The Bertz CT molecular complexity index is 1120. The Labute approximate surface area is 190 Å². The standard InChI is InChI=1S/C20H22ClN3O7S/c1-29-18-5-3-14(32(27,28)24-6-8-30-9-7-24)11-17(18)23-19(25)12-31-20(26)15-10-13(21)2-4-16(15)22/h2-5,10-11H,6-9,12,22H2,1H3,(H,23,25). The first-order valence-corrected chi connectivity index (χ1v) is 11.3. The molecular formula is C20H22ClN3O7S. The predicted octanol–water partition coefficient (Wildman–Crippen LogP) is 1.75. The minimum atomic E-state index is -3.78. The van der Waals surface area contributed by atoms with E-state index >= 15 is 0 Å². The number of amides is 1. The molecule has 2 aromatic rings. The molecule has 0 radical (unpaired) electrons. The van der Waals surface area contributed by atoms with Crippen LogP contribution in [0.5, 0.6) is 5.75 Å². The number of benzene rings is 2. The summed E-state index contributed by atoms with van der Waals surface area (Å²) in [5, 5.41) is 2.79. The van der Waals surface area contributed by atoms with Crippen LogP contribution in [0.25, 0.3) is 0 Å². The van der Waals surface area contributed by atoms with E-state index in [4.69, 9.17) is 31.5 Å². The summed E-state index contributed by atoms with van der Waals surface area (Å²) in [5.74, 6) is -1.28. The molecule has 1 heterocycles. The number of carbonyl (C=O) groups excluding carboxylic acids is 2. The lowest BCUT2D eigenvalue weighted by molar-refractivity contribution is -0.119. The van der Waals surface area contributed by atoms with Crippen LogP contribution in [-0.2, 0) is 24.3 Å². The van der Waals surface area contributed by atoms with Crippen molar-refractivity contribution in [2.24, 2.45) is 0 Å². The van der Waals surface area contributed by atoms with Gasteiger partial charge in [0.25, 0.3) is 5.91 Å². The van der Waals surface area contributed by atoms with Gasteiger partial charge >= 0.3 is 5.97 Å². The summed E-state index contributed by atoms with van der Waals surface area (Å²) in [6.45, 7) is 0.453. The third kappa shape index (κ3) is 5.49. The lowest BCUT2D eigenvalue weighted by Crippen LogP contribution is -2.40. The van der Waals surface area contributed by atoms with Gasteiger partial charge in [0, 0.05) is 23.8 Å². The normalized spacial score (nSPS) is 14.6. The zero-order valence-corrected chi connectivity index (χ0v) is 18.7. The molecule has 0 saturated carbocycles. The maximum atomic E-state index is 12.9. The van der Waals surface area contributed by atoms with Gasteiger partial charge < -0.3 is 25.3 Å². The predicted molar refractivity (Wildman–Crippen MR) is 117 cm³/mol. The summed E-state index contributed by atoms with van der Waals surface area (Å²) in [6.07, 6.45) is 0. The quantitative estimate of drug-likeness (QED) is 0.448. The van der Waals surface area contributed by atoms with E-state index in [1.165, 1.54) is 47.8 Å². The largest absolute Gasteiger partial charge is 0.495 e. The number of hydrogen-bond donors (Lipinski definition) is 2. The van der Waals surface area contributed by atoms with E-state index in [2.05, 4.69) is 5.32 Å². The minimum absolute atomic E-state index is 0.0146. The fourth-order valence-corrected chi connectivity index (χ4v) is 4.59. The number of nitrogens with one attached hydrogen (secondary N) is 1. The summed E-state index contributed by atoms with van der Waals surface area (Å²) in [5.41, 5.74) is 6.03. The topological polar surface area (TPSA) is 137 Å². The van der Waals surface area contributed by atoms with Crippen molar-refractivity contribution in [3.63, 3.8) is 0 Å². The van der Waals surface area contributed by atoms with Crippen molar-refractivity contribution in [3.8, 4) is 5.75 Å². The van der Waals surface area contributed by atoms with Gasteiger partial charge in [-0.2, -0.15) is 4.31 Å². The number of ether oxygens (including phenoxy) is 3. The van der Waals surface area contributed by atoms with Gasteiger partial charge in [-0.25, -0.2) is 13.2 Å². The molecule has 1 aliphatic heterocycles. The molecule has 1 saturated heterocycles. The van der Waals surface area contributed by atoms with Crippen LogP contribution in [0.1, 0.15) is 10.4 Å². The molecule has 172 valence electrons. The highest BCUT2D eigenvalue weighted by atomic mass is 35.5. The SMILES string of the molecule is COc1ccc(S(=O)(=O)N2CCOCC2)cc1NC(=O)COC(=O)c1cc(Cl)ccc1N. The highest BCUT2D eigenvalue weighted by molar-refractivity contribution is 7.89. The Morgan fingerprint density at radius 2 is 1.91 bits per heavy atom.